The Kier molecular flexibility index (Phi) is 3.58. The summed E-state index contributed by atoms with van der Waals surface area (Å²) in [7, 11) is 4.04. The fourth-order valence-corrected chi connectivity index (χ4v) is 1.04. The monoisotopic (exact) mass is 180 g/mol. The number of benzene rings is 1. The van der Waals surface area contributed by atoms with Crippen LogP contribution in [-0.4, -0.2) is 37.2 Å². The third-order valence-corrected chi connectivity index (χ3v) is 1.78. The van der Waals surface area contributed by atoms with Crippen molar-refractivity contribution in [2.45, 2.75) is 0 Å². The van der Waals surface area contributed by atoms with E-state index < -0.39 is 0 Å². The van der Waals surface area contributed by atoms with E-state index in [4.69, 9.17) is 0 Å². The highest BCUT2D eigenvalue weighted by atomic mass is 16.3. The van der Waals surface area contributed by atoms with E-state index in [0.717, 1.165) is 18.8 Å². The van der Waals surface area contributed by atoms with Gasteiger partial charge < -0.3 is 15.3 Å². The fourth-order valence-electron chi connectivity index (χ4n) is 1.04. The average Bonchev–Trinajstić information content (AvgIpc) is 2.08. The summed E-state index contributed by atoms with van der Waals surface area (Å²) in [6.45, 7) is 1.79. The molecule has 0 atom stereocenters. The lowest BCUT2D eigenvalue weighted by molar-refractivity contribution is 0.424. The van der Waals surface area contributed by atoms with Gasteiger partial charge in [-0.3, -0.25) is 0 Å². The van der Waals surface area contributed by atoms with Crippen LogP contribution in [0.3, 0.4) is 0 Å². The molecule has 1 aromatic carbocycles. The van der Waals surface area contributed by atoms with Gasteiger partial charge in [0.2, 0.25) is 0 Å². The van der Waals surface area contributed by atoms with Gasteiger partial charge in [-0.1, -0.05) is 12.1 Å². The molecule has 0 aliphatic heterocycles. The first-order valence-electron chi connectivity index (χ1n) is 4.37. The molecular formula is C10H16N2O. The largest absolute Gasteiger partial charge is 0.506 e. The topological polar surface area (TPSA) is 35.5 Å². The molecule has 0 unspecified atom stereocenters. The van der Waals surface area contributed by atoms with Crippen LogP contribution in [0.15, 0.2) is 24.3 Å². The molecule has 0 radical (unpaired) electrons. The predicted octanol–water partition coefficient (Wildman–Crippen LogP) is 1.37. The van der Waals surface area contributed by atoms with Crippen molar-refractivity contribution in [2.24, 2.45) is 0 Å². The summed E-state index contributed by atoms with van der Waals surface area (Å²) in [5.74, 6) is 0.307. The van der Waals surface area contributed by atoms with Gasteiger partial charge in [0, 0.05) is 13.1 Å². The van der Waals surface area contributed by atoms with Gasteiger partial charge in [0.15, 0.2) is 0 Å². The number of hydrogen-bond acceptors (Lipinski definition) is 3. The fraction of sp³-hybridized carbons (Fsp3) is 0.400. The third kappa shape index (κ3) is 3.34. The van der Waals surface area contributed by atoms with Crippen LogP contribution in [0.2, 0.25) is 0 Å². The molecule has 2 N–H and O–H groups in total. The quantitative estimate of drug-likeness (QED) is 0.687. The van der Waals surface area contributed by atoms with E-state index in [9.17, 15) is 5.11 Å². The molecule has 0 spiro atoms. The lowest BCUT2D eigenvalue weighted by atomic mass is 10.3. The van der Waals surface area contributed by atoms with Crippen molar-refractivity contribution in [3.63, 3.8) is 0 Å². The number of phenols is 1. The molecule has 0 aromatic heterocycles. The van der Waals surface area contributed by atoms with Crippen LogP contribution < -0.4 is 5.32 Å². The van der Waals surface area contributed by atoms with E-state index in [1.165, 1.54) is 0 Å². The van der Waals surface area contributed by atoms with E-state index in [-0.39, 0.29) is 0 Å². The highest BCUT2D eigenvalue weighted by molar-refractivity contribution is 5.55. The first kappa shape index (κ1) is 9.86. The lowest BCUT2D eigenvalue weighted by Gasteiger charge is -2.11. The van der Waals surface area contributed by atoms with Gasteiger partial charge in [0.25, 0.3) is 0 Å². The van der Waals surface area contributed by atoms with E-state index in [1.807, 2.05) is 32.3 Å². The number of para-hydroxylation sites is 2. The summed E-state index contributed by atoms with van der Waals surface area (Å²) in [5, 5.41) is 12.6. The molecule has 0 aliphatic rings. The Bertz CT molecular complexity index is 261. The molecule has 1 rings (SSSR count). The smallest absolute Gasteiger partial charge is 0.138 e. The first-order valence-corrected chi connectivity index (χ1v) is 4.37. The van der Waals surface area contributed by atoms with Crippen molar-refractivity contribution in [2.75, 3.05) is 32.5 Å². The SMILES string of the molecule is CN(C)CCNc1ccccc1O. The summed E-state index contributed by atoms with van der Waals surface area (Å²) in [4.78, 5) is 2.09. The van der Waals surface area contributed by atoms with Crippen LogP contribution in [0.1, 0.15) is 0 Å². The van der Waals surface area contributed by atoms with Gasteiger partial charge in [0.05, 0.1) is 5.69 Å². The van der Waals surface area contributed by atoms with Crippen molar-refractivity contribution in [3.8, 4) is 5.75 Å². The molecule has 13 heavy (non-hydrogen) atoms. The molecule has 3 heteroatoms. The second kappa shape index (κ2) is 4.72. The second-order valence-electron chi connectivity index (χ2n) is 3.25. The van der Waals surface area contributed by atoms with Crippen molar-refractivity contribution in [3.05, 3.63) is 24.3 Å². The molecule has 0 heterocycles. The summed E-state index contributed by atoms with van der Waals surface area (Å²) < 4.78 is 0. The van der Waals surface area contributed by atoms with Crippen LogP contribution >= 0.6 is 0 Å². The molecule has 0 saturated heterocycles. The van der Waals surface area contributed by atoms with Crippen LogP contribution in [0.4, 0.5) is 5.69 Å². The molecule has 0 aliphatic carbocycles. The predicted molar refractivity (Wildman–Crippen MR) is 55.2 cm³/mol. The highest BCUT2D eigenvalue weighted by Gasteiger charge is 1.97. The molecule has 1 aromatic rings. The zero-order valence-corrected chi connectivity index (χ0v) is 8.12. The van der Waals surface area contributed by atoms with Crippen LogP contribution in [-0.2, 0) is 0 Å². The van der Waals surface area contributed by atoms with Crippen LogP contribution in [0, 0.1) is 0 Å². The minimum atomic E-state index is 0.307. The molecule has 0 saturated carbocycles. The zero-order chi connectivity index (χ0) is 9.68. The molecule has 0 bridgehead atoms. The van der Waals surface area contributed by atoms with E-state index >= 15 is 0 Å². The van der Waals surface area contributed by atoms with Crippen molar-refractivity contribution < 1.29 is 5.11 Å². The Balaban J connectivity index is 2.41. The highest BCUT2D eigenvalue weighted by Crippen LogP contribution is 2.20. The average molecular weight is 180 g/mol. The van der Waals surface area contributed by atoms with Crippen LogP contribution in [0.5, 0.6) is 5.75 Å². The number of likely N-dealkylation sites (N-methyl/N-ethyl adjacent to an activating group) is 1. The molecular weight excluding hydrogens is 164 g/mol. The Morgan fingerprint density at radius 3 is 2.62 bits per heavy atom. The van der Waals surface area contributed by atoms with Gasteiger partial charge in [-0.15, -0.1) is 0 Å². The number of anilines is 1. The number of rotatable bonds is 4. The van der Waals surface area contributed by atoms with E-state index in [2.05, 4.69) is 10.2 Å². The number of nitrogens with one attached hydrogen (secondary N) is 1. The van der Waals surface area contributed by atoms with Gasteiger partial charge in [-0.05, 0) is 26.2 Å². The molecule has 0 amide bonds. The maximum Gasteiger partial charge on any atom is 0.138 e. The number of aromatic hydroxyl groups is 1. The van der Waals surface area contributed by atoms with Gasteiger partial charge in [0.1, 0.15) is 5.75 Å². The summed E-state index contributed by atoms with van der Waals surface area (Å²) in [5.41, 5.74) is 0.796. The standard InChI is InChI=1S/C10H16N2O/c1-12(2)8-7-11-9-5-3-4-6-10(9)13/h3-6,11,13H,7-8H2,1-2H3. The number of nitrogens with zero attached hydrogens (tertiary/aromatic N) is 1. The minimum absolute atomic E-state index is 0.307. The normalized spacial score (nSPS) is 10.4. The Hall–Kier alpha value is -1.22. The Morgan fingerprint density at radius 1 is 1.31 bits per heavy atom. The molecule has 72 valence electrons. The summed E-state index contributed by atoms with van der Waals surface area (Å²) in [6.07, 6.45) is 0. The second-order valence-corrected chi connectivity index (χ2v) is 3.25. The molecule has 0 fully saturated rings. The third-order valence-electron chi connectivity index (χ3n) is 1.78. The van der Waals surface area contributed by atoms with Gasteiger partial charge >= 0.3 is 0 Å². The number of hydrogen-bond donors (Lipinski definition) is 2. The van der Waals surface area contributed by atoms with Gasteiger partial charge in [-0.25, -0.2) is 0 Å². The summed E-state index contributed by atoms with van der Waals surface area (Å²) >= 11 is 0. The van der Waals surface area contributed by atoms with E-state index in [1.54, 1.807) is 6.07 Å². The Labute approximate surface area is 79.0 Å². The van der Waals surface area contributed by atoms with Crippen molar-refractivity contribution in [1.29, 1.82) is 0 Å². The zero-order valence-electron chi connectivity index (χ0n) is 8.12. The van der Waals surface area contributed by atoms with Gasteiger partial charge in [-0.2, -0.15) is 0 Å². The summed E-state index contributed by atoms with van der Waals surface area (Å²) in [6, 6.07) is 7.26. The lowest BCUT2D eigenvalue weighted by Crippen LogP contribution is -2.20. The van der Waals surface area contributed by atoms with E-state index in [0.29, 0.717) is 5.75 Å². The Morgan fingerprint density at radius 2 is 2.00 bits per heavy atom. The van der Waals surface area contributed by atoms with Crippen LogP contribution in [0.25, 0.3) is 0 Å². The molecule has 3 nitrogen and oxygen atoms in total. The first-order chi connectivity index (χ1) is 6.20. The minimum Gasteiger partial charge on any atom is -0.506 e. The maximum atomic E-state index is 9.40. The van der Waals surface area contributed by atoms with Crippen molar-refractivity contribution in [1.82, 2.24) is 4.90 Å². The van der Waals surface area contributed by atoms with Crippen molar-refractivity contribution >= 4 is 5.69 Å². The number of phenolic OH excluding ortho intramolecular Hbond substituents is 1. The maximum absolute atomic E-state index is 9.40.